The maximum atomic E-state index is 12.6. The monoisotopic (exact) mass is 326 g/mol. The van der Waals surface area contributed by atoms with Crippen molar-refractivity contribution in [3.05, 3.63) is 65.5 Å². The van der Waals surface area contributed by atoms with Gasteiger partial charge < -0.3 is 4.90 Å². The fourth-order valence-corrected chi connectivity index (χ4v) is 3.58. The van der Waals surface area contributed by atoms with Crippen LogP contribution in [-0.2, 0) is 17.1 Å². The Bertz CT molecular complexity index is 655. The first-order chi connectivity index (χ1) is 11.2. The first-order valence-corrected chi connectivity index (χ1v) is 9.20. The summed E-state index contributed by atoms with van der Waals surface area (Å²) in [5, 5.41) is 0. The largest absolute Gasteiger partial charge is 0.335 e. The van der Waals surface area contributed by atoms with Crippen LogP contribution in [0.1, 0.15) is 29.5 Å². The highest BCUT2D eigenvalue weighted by Crippen LogP contribution is 2.29. The van der Waals surface area contributed by atoms with Crippen molar-refractivity contribution in [1.82, 2.24) is 9.88 Å². The summed E-state index contributed by atoms with van der Waals surface area (Å²) >= 11 is 1.71. The van der Waals surface area contributed by atoms with Gasteiger partial charge in [0.05, 0.1) is 5.75 Å². The van der Waals surface area contributed by atoms with Crippen LogP contribution in [0.3, 0.4) is 0 Å². The van der Waals surface area contributed by atoms with Crippen molar-refractivity contribution in [3.8, 4) is 0 Å². The molecular formula is C19H22N2OS. The van der Waals surface area contributed by atoms with Crippen LogP contribution in [0.2, 0.25) is 0 Å². The van der Waals surface area contributed by atoms with E-state index in [1.54, 1.807) is 24.2 Å². The molecule has 1 fully saturated rings. The van der Waals surface area contributed by atoms with Gasteiger partial charge >= 0.3 is 0 Å². The Labute approximate surface area is 142 Å². The van der Waals surface area contributed by atoms with E-state index in [-0.39, 0.29) is 5.91 Å². The highest BCUT2D eigenvalue weighted by atomic mass is 32.2. The molecule has 0 unspecified atom stereocenters. The SMILES string of the molecule is Cc1ccccc1CSCC(=O)N(Cc1ccncc1)C1CC1. The van der Waals surface area contributed by atoms with Crippen LogP contribution in [-0.4, -0.2) is 27.6 Å². The van der Waals surface area contributed by atoms with Gasteiger partial charge in [-0.15, -0.1) is 11.8 Å². The third-order valence-corrected chi connectivity index (χ3v) is 5.12. The van der Waals surface area contributed by atoms with Gasteiger partial charge in [0.15, 0.2) is 0 Å². The predicted molar refractivity (Wildman–Crippen MR) is 95.2 cm³/mol. The van der Waals surface area contributed by atoms with Crippen molar-refractivity contribution in [2.24, 2.45) is 0 Å². The second kappa shape index (κ2) is 7.64. The average molecular weight is 326 g/mol. The average Bonchev–Trinajstić information content (AvgIpc) is 3.40. The van der Waals surface area contributed by atoms with Gasteiger partial charge in [-0.05, 0) is 48.6 Å². The maximum absolute atomic E-state index is 12.6. The fraction of sp³-hybridized carbons (Fsp3) is 0.368. The summed E-state index contributed by atoms with van der Waals surface area (Å²) in [7, 11) is 0. The number of aryl methyl sites for hydroxylation is 1. The van der Waals surface area contributed by atoms with E-state index in [1.165, 1.54) is 11.1 Å². The van der Waals surface area contributed by atoms with Gasteiger partial charge in [0.1, 0.15) is 0 Å². The summed E-state index contributed by atoms with van der Waals surface area (Å²) in [6.07, 6.45) is 5.86. The number of nitrogens with zero attached hydrogens (tertiary/aromatic N) is 2. The maximum Gasteiger partial charge on any atom is 0.233 e. The van der Waals surface area contributed by atoms with E-state index < -0.39 is 0 Å². The van der Waals surface area contributed by atoms with Crippen LogP contribution < -0.4 is 0 Å². The molecule has 1 aliphatic rings. The molecule has 2 aromatic rings. The highest BCUT2D eigenvalue weighted by Gasteiger charge is 2.32. The molecule has 0 spiro atoms. The zero-order valence-corrected chi connectivity index (χ0v) is 14.3. The first-order valence-electron chi connectivity index (χ1n) is 8.04. The van der Waals surface area contributed by atoms with Crippen molar-refractivity contribution in [2.45, 2.75) is 38.1 Å². The van der Waals surface area contributed by atoms with E-state index in [0.29, 0.717) is 18.3 Å². The zero-order valence-electron chi connectivity index (χ0n) is 13.4. The van der Waals surface area contributed by atoms with Crippen LogP contribution in [0.25, 0.3) is 0 Å². The quantitative estimate of drug-likeness (QED) is 0.775. The van der Waals surface area contributed by atoms with E-state index in [9.17, 15) is 4.79 Å². The molecule has 1 amide bonds. The number of carbonyl (C=O) groups excluding carboxylic acids is 1. The summed E-state index contributed by atoms with van der Waals surface area (Å²) in [6, 6.07) is 12.8. The first kappa shape index (κ1) is 16.1. The molecule has 0 N–H and O–H groups in total. The molecule has 1 aromatic heterocycles. The number of carbonyl (C=O) groups is 1. The molecule has 0 bridgehead atoms. The van der Waals surface area contributed by atoms with E-state index in [0.717, 1.165) is 24.2 Å². The minimum Gasteiger partial charge on any atom is -0.335 e. The molecule has 1 saturated carbocycles. The van der Waals surface area contributed by atoms with Crippen LogP contribution >= 0.6 is 11.8 Å². The molecular weight excluding hydrogens is 304 g/mol. The van der Waals surface area contributed by atoms with Gasteiger partial charge in [-0.3, -0.25) is 9.78 Å². The lowest BCUT2D eigenvalue weighted by atomic mass is 10.1. The summed E-state index contributed by atoms with van der Waals surface area (Å²) in [5.41, 5.74) is 3.77. The number of amides is 1. The highest BCUT2D eigenvalue weighted by molar-refractivity contribution is 7.99. The Balaban J connectivity index is 1.54. The standard InChI is InChI=1S/C19H22N2OS/c1-15-4-2-3-5-17(15)13-23-14-19(22)21(18-6-7-18)12-16-8-10-20-11-9-16/h2-5,8-11,18H,6-7,12-14H2,1H3. The normalized spacial score (nSPS) is 13.8. The lowest BCUT2D eigenvalue weighted by Gasteiger charge is -2.22. The number of hydrogen-bond donors (Lipinski definition) is 0. The van der Waals surface area contributed by atoms with Gasteiger partial charge in [0.25, 0.3) is 0 Å². The van der Waals surface area contributed by atoms with Gasteiger partial charge in [-0.25, -0.2) is 0 Å². The summed E-state index contributed by atoms with van der Waals surface area (Å²) < 4.78 is 0. The molecule has 1 aliphatic carbocycles. The second-order valence-corrected chi connectivity index (χ2v) is 7.01. The van der Waals surface area contributed by atoms with E-state index in [2.05, 4.69) is 36.2 Å². The number of benzene rings is 1. The molecule has 1 aromatic carbocycles. The Hall–Kier alpha value is -1.81. The molecule has 4 heteroatoms. The molecule has 0 aliphatic heterocycles. The van der Waals surface area contributed by atoms with Crippen LogP contribution in [0.15, 0.2) is 48.8 Å². The lowest BCUT2D eigenvalue weighted by Crippen LogP contribution is -2.34. The van der Waals surface area contributed by atoms with E-state index in [1.807, 2.05) is 17.0 Å². The van der Waals surface area contributed by atoms with Crippen molar-refractivity contribution >= 4 is 17.7 Å². The molecule has 0 radical (unpaired) electrons. The Morgan fingerprint density at radius 1 is 1.22 bits per heavy atom. The third-order valence-electron chi connectivity index (χ3n) is 4.15. The second-order valence-electron chi connectivity index (χ2n) is 6.03. The van der Waals surface area contributed by atoms with Gasteiger partial charge in [0.2, 0.25) is 5.91 Å². The number of rotatable bonds is 7. The number of pyridine rings is 1. The zero-order chi connectivity index (χ0) is 16.1. The van der Waals surface area contributed by atoms with Gasteiger partial charge in [0, 0.05) is 30.7 Å². The molecule has 0 saturated heterocycles. The van der Waals surface area contributed by atoms with E-state index >= 15 is 0 Å². The Kier molecular flexibility index (Phi) is 5.34. The van der Waals surface area contributed by atoms with Crippen LogP contribution in [0.5, 0.6) is 0 Å². The summed E-state index contributed by atoms with van der Waals surface area (Å²) in [5.74, 6) is 1.70. The summed E-state index contributed by atoms with van der Waals surface area (Å²) in [4.78, 5) is 18.7. The lowest BCUT2D eigenvalue weighted by molar-refractivity contribution is -0.129. The fourth-order valence-electron chi connectivity index (χ4n) is 2.60. The molecule has 120 valence electrons. The number of hydrogen-bond acceptors (Lipinski definition) is 3. The summed E-state index contributed by atoms with van der Waals surface area (Å²) in [6.45, 7) is 2.83. The van der Waals surface area contributed by atoms with Crippen molar-refractivity contribution in [3.63, 3.8) is 0 Å². The van der Waals surface area contributed by atoms with E-state index in [4.69, 9.17) is 0 Å². The Morgan fingerprint density at radius 3 is 2.65 bits per heavy atom. The van der Waals surface area contributed by atoms with Crippen molar-refractivity contribution in [2.75, 3.05) is 5.75 Å². The third kappa shape index (κ3) is 4.58. The van der Waals surface area contributed by atoms with Crippen LogP contribution in [0.4, 0.5) is 0 Å². The minimum absolute atomic E-state index is 0.253. The molecule has 1 heterocycles. The topological polar surface area (TPSA) is 33.2 Å². The number of thioether (sulfide) groups is 1. The van der Waals surface area contributed by atoms with Gasteiger partial charge in [-0.1, -0.05) is 24.3 Å². The smallest absolute Gasteiger partial charge is 0.233 e. The molecule has 3 nitrogen and oxygen atoms in total. The van der Waals surface area contributed by atoms with Crippen molar-refractivity contribution < 1.29 is 4.79 Å². The van der Waals surface area contributed by atoms with Crippen molar-refractivity contribution in [1.29, 1.82) is 0 Å². The molecule has 3 rings (SSSR count). The number of aromatic nitrogens is 1. The van der Waals surface area contributed by atoms with Crippen LogP contribution in [0, 0.1) is 6.92 Å². The minimum atomic E-state index is 0.253. The molecule has 23 heavy (non-hydrogen) atoms. The Morgan fingerprint density at radius 2 is 1.96 bits per heavy atom. The molecule has 0 atom stereocenters. The van der Waals surface area contributed by atoms with Gasteiger partial charge in [-0.2, -0.15) is 0 Å². The predicted octanol–water partition coefficient (Wildman–Crippen LogP) is 3.81.